The van der Waals surface area contributed by atoms with Gasteiger partial charge in [0.25, 0.3) is 5.91 Å². The van der Waals surface area contributed by atoms with Gasteiger partial charge in [-0.2, -0.15) is 0 Å². The molecule has 4 N–H and O–H groups in total. The van der Waals surface area contributed by atoms with E-state index >= 15 is 0 Å². The molecule has 4 aromatic rings. The van der Waals surface area contributed by atoms with E-state index in [1.807, 2.05) is 41.3 Å². The van der Waals surface area contributed by atoms with Crippen molar-refractivity contribution >= 4 is 34.2 Å². The minimum atomic E-state index is -0.466. The molecule has 172 valence electrons. The van der Waals surface area contributed by atoms with Crippen molar-refractivity contribution in [2.45, 2.75) is 0 Å². The van der Waals surface area contributed by atoms with Crippen LogP contribution in [0.15, 0.2) is 60.9 Å². The molecule has 0 atom stereocenters. The number of nitrogens with two attached hydrogens (primary N) is 1. The van der Waals surface area contributed by atoms with Crippen LogP contribution in [0.3, 0.4) is 0 Å². The summed E-state index contributed by atoms with van der Waals surface area (Å²) in [6.45, 7) is 3.27. The van der Waals surface area contributed by atoms with Gasteiger partial charge in [0.05, 0.1) is 18.1 Å². The maximum absolute atomic E-state index is 12.7. The van der Waals surface area contributed by atoms with Gasteiger partial charge in [0.1, 0.15) is 11.5 Å². The molecule has 5 rings (SSSR count). The van der Waals surface area contributed by atoms with E-state index in [0.717, 1.165) is 48.5 Å². The number of H-pyrrole nitrogens is 1. The standard InChI is InChI=1S/C25H25N7O2/c1-31-8-10-32(11-9-31)25(34)16-2-5-19(6-3-16)28-23-15-27-14-22(30-23)21-13-18-12-17(24(26)33)4-7-20(18)29-21/h2-7,12-15,29H,8-11H2,1H3,(H2,26,33)(H,28,30). The van der Waals surface area contributed by atoms with E-state index in [-0.39, 0.29) is 5.91 Å². The highest BCUT2D eigenvalue weighted by molar-refractivity contribution is 5.98. The number of benzene rings is 2. The lowest BCUT2D eigenvalue weighted by Crippen LogP contribution is -2.47. The molecule has 0 saturated carbocycles. The van der Waals surface area contributed by atoms with Gasteiger partial charge in [-0.25, -0.2) is 4.98 Å². The molecule has 34 heavy (non-hydrogen) atoms. The van der Waals surface area contributed by atoms with Gasteiger partial charge < -0.3 is 25.8 Å². The Morgan fingerprint density at radius 1 is 0.971 bits per heavy atom. The molecule has 9 nitrogen and oxygen atoms in total. The van der Waals surface area contributed by atoms with Crippen molar-refractivity contribution in [1.29, 1.82) is 0 Å². The van der Waals surface area contributed by atoms with Crippen LogP contribution in [0.4, 0.5) is 11.5 Å². The number of nitrogens with one attached hydrogen (secondary N) is 2. The van der Waals surface area contributed by atoms with Crippen molar-refractivity contribution in [3.63, 3.8) is 0 Å². The van der Waals surface area contributed by atoms with Gasteiger partial charge in [-0.05, 0) is 55.6 Å². The summed E-state index contributed by atoms with van der Waals surface area (Å²) in [7, 11) is 2.07. The van der Waals surface area contributed by atoms with Crippen LogP contribution in [0.2, 0.25) is 0 Å². The number of hydrogen-bond donors (Lipinski definition) is 3. The number of primary amides is 1. The monoisotopic (exact) mass is 455 g/mol. The number of amides is 2. The summed E-state index contributed by atoms with van der Waals surface area (Å²) >= 11 is 0. The van der Waals surface area contributed by atoms with E-state index in [1.165, 1.54) is 0 Å². The molecule has 0 aliphatic carbocycles. The van der Waals surface area contributed by atoms with Gasteiger partial charge in [-0.1, -0.05) is 0 Å². The number of nitrogens with zero attached hydrogens (tertiary/aromatic N) is 4. The van der Waals surface area contributed by atoms with E-state index in [1.54, 1.807) is 24.5 Å². The number of hydrogen-bond acceptors (Lipinski definition) is 6. The highest BCUT2D eigenvalue weighted by Gasteiger charge is 2.20. The minimum absolute atomic E-state index is 0.0553. The molecule has 0 radical (unpaired) electrons. The number of carbonyl (C=O) groups is 2. The Labute approximate surface area is 196 Å². The molecule has 2 aromatic carbocycles. The van der Waals surface area contributed by atoms with Gasteiger partial charge in [0.15, 0.2) is 0 Å². The van der Waals surface area contributed by atoms with Gasteiger partial charge in [-0.15, -0.1) is 0 Å². The van der Waals surface area contributed by atoms with E-state index in [2.05, 4.69) is 32.2 Å². The Bertz CT molecular complexity index is 1360. The van der Waals surface area contributed by atoms with Crippen LogP contribution in [-0.2, 0) is 0 Å². The maximum atomic E-state index is 12.7. The molecule has 3 heterocycles. The topological polar surface area (TPSA) is 120 Å². The highest BCUT2D eigenvalue weighted by Crippen LogP contribution is 2.25. The zero-order valence-corrected chi connectivity index (χ0v) is 18.8. The first-order chi connectivity index (χ1) is 16.5. The van der Waals surface area contributed by atoms with E-state index in [0.29, 0.717) is 22.6 Å². The number of carbonyl (C=O) groups excluding carboxylic acids is 2. The van der Waals surface area contributed by atoms with Crippen molar-refractivity contribution < 1.29 is 9.59 Å². The fourth-order valence-electron chi connectivity index (χ4n) is 4.02. The molecule has 9 heteroatoms. The van der Waals surface area contributed by atoms with E-state index < -0.39 is 5.91 Å². The van der Waals surface area contributed by atoms with Crippen molar-refractivity contribution in [3.05, 3.63) is 72.1 Å². The highest BCUT2D eigenvalue weighted by atomic mass is 16.2. The second-order valence-corrected chi connectivity index (χ2v) is 8.44. The molecule has 0 bridgehead atoms. The lowest BCUT2D eigenvalue weighted by molar-refractivity contribution is 0.0664. The van der Waals surface area contributed by atoms with E-state index in [9.17, 15) is 9.59 Å². The second-order valence-electron chi connectivity index (χ2n) is 8.44. The predicted octanol–water partition coefficient (Wildman–Crippen LogP) is 2.86. The average Bonchev–Trinajstić information content (AvgIpc) is 3.28. The maximum Gasteiger partial charge on any atom is 0.253 e. The predicted molar refractivity (Wildman–Crippen MR) is 131 cm³/mol. The van der Waals surface area contributed by atoms with Crippen molar-refractivity contribution in [3.8, 4) is 11.4 Å². The lowest BCUT2D eigenvalue weighted by atomic mass is 10.1. The summed E-state index contributed by atoms with van der Waals surface area (Å²) in [6, 6.07) is 14.6. The lowest BCUT2D eigenvalue weighted by Gasteiger charge is -2.32. The summed E-state index contributed by atoms with van der Waals surface area (Å²) in [4.78, 5) is 40.6. The molecular formula is C25H25N7O2. The summed E-state index contributed by atoms with van der Waals surface area (Å²) in [5.41, 5.74) is 9.62. The molecule has 2 aromatic heterocycles. The first kappa shape index (κ1) is 21.6. The number of anilines is 2. The number of rotatable bonds is 5. The quantitative estimate of drug-likeness (QED) is 0.426. The smallest absolute Gasteiger partial charge is 0.253 e. The normalized spacial score (nSPS) is 14.3. The Hall–Kier alpha value is -4.24. The molecule has 1 saturated heterocycles. The van der Waals surface area contributed by atoms with Crippen LogP contribution < -0.4 is 11.1 Å². The largest absolute Gasteiger partial charge is 0.366 e. The first-order valence-corrected chi connectivity index (χ1v) is 11.1. The summed E-state index contributed by atoms with van der Waals surface area (Å²) in [6.07, 6.45) is 3.31. The third-order valence-corrected chi connectivity index (χ3v) is 6.01. The van der Waals surface area contributed by atoms with Gasteiger partial charge in [0, 0.05) is 53.9 Å². The SMILES string of the molecule is CN1CCN(C(=O)c2ccc(Nc3cncc(-c4cc5cc(C(N)=O)ccc5[nH]4)n3)cc2)CC1. The van der Waals surface area contributed by atoms with Crippen LogP contribution in [-0.4, -0.2) is 69.8 Å². The van der Waals surface area contributed by atoms with Crippen LogP contribution in [0, 0.1) is 0 Å². The van der Waals surface area contributed by atoms with Gasteiger partial charge in [0.2, 0.25) is 5.91 Å². The van der Waals surface area contributed by atoms with Crippen LogP contribution in [0.25, 0.3) is 22.3 Å². The zero-order chi connectivity index (χ0) is 23.7. The Morgan fingerprint density at radius 3 is 2.44 bits per heavy atom. The molecule has 1 aliphatic rings. The number of aromatic amines is 1. The Kier molecular flexibility index (Phi) is 5.69. The molecule has 0 unspecified atom stereocenters. The molecule has 1 fully saturated rings. The molecule has 0 spiro atoms. The van der Waals surface area contributed by atoms with Crippen LogP contribution >= 0.6 is 0 Å². The summed E-state index contributed by atoms with van der Waals surface area (Å²) in [5, 5.41) is 4.11. The van der Waals surface area contributed by atoms with Gasteiger partial charge >= 0.3 is 0 Å². The molecular weight excluding hydrogens is 430 g/mol. The van der Waals surface area contributed by atoms with Gasteiger partial charge in [-0.3, -0.25) is 14.6 Å². The number of piperazine rings is 1. The summed E-state index contributed by atoms with van der Waals surface area (Å²) < 4.78 is 0. The minimum Gasteiger partial charge on any atom is -0.366 e. The second kappa shape index (κ2) is 8.95. The summed E-state index contributed by atoms with van der Waals surface area (Å²) in [5.74, 6) is 0.166. The fraction of sp³-hybridized carbons (Fsp3) is 0.200. The fourth-order valence-corrected chi connectivity index (χ4v) is 4.02. The zero-order valence-electron chi connectivity index (χ0n) is 18.8. The first-order valence-electron chi connectivity index (χ1n) is 11.1. The Morgan fingerprint density at radius 2 is 1.71 bits per heavy atom. The van der Waals surface area contributed by atoms with Crippen molar-refractivity contribution in [1.82, 2.24) is 24.8 Å². The average molecular weight is 456 g/mol. The van der Waals surface area contributed by atoms with Crippen LogP contribution in [0.1, 0.15) is 20.7 Å². The number of fused-ring (bicyclic) bond motifs is 1. The number of aromatic nitrogens is 3. The molecule has 2 amide bonds. The van der Waals surface area contributed by atoms with E-state index in [4.69, 9.17) is 5.73 Å². The van der Waals surface area contributed by atoms with Crippen LogP contribution in [0.5, 0.6) is 0 Å². The van der Waals surface area contributed by atoms with Crippen molar-refractivity contribution in [2.24, 2.45) is 5.73 Å². The molecule has 1 aliphatic heterocycles. The third-order valence-electron chi connectivity index (χ3n) is 6.01. The van der Waals surface area contributed by atoms with Crippen molar-refractivity contribution in [2.75, 3.05) is 38.5 Å². The number of likely N-dealkylation sites (N-methyl/N-ethyl adjacent to an activating group) is 1. The Balaban J connectivity index is 1.31. The third kappa shape index (κ3) is 4.46.